The lowest BCUT2D eigenvalue weighted by atomic mass is 9.95. The second-order valence-electron chi connectivity index (χ2n) is 6.93. The van der Waals surface area contributed by atoms with E-state index in [1.54, 1.807) is 22.2 Å². The number of aryl methyl sites for hydroxylation is 3. The maximum absolute atomic E-state index is 12.7. The molecule has 0 radical (unpaired) electrons. The smallest absolute Gasteiger partial charge is 0.262 e. The van der Waals surface area contributed by atoms with Crippen LogP contribution in [-0.4, -0.2) is 21.5 Å². The van der Waals surface area contributed by atoms with Crippen molar-refractivity contribution in [1.82, 2.24) is 14.9 Å². The molecule has 1 amide bonds. The Balaban J connectivity index is 1.45. The van der Waals surface area contributed by atoms with Gasteiger partial charge in [-0.2, -0.15) is 0 Å². The van der Waals surface area contributed by atoms with Crippen LogP contribution in [0.4, 0.5) is 0 Å². The molecule has 0 unspecified atom stereocenters. The number of aromatic nitrogens is 2. The lowest BCUT2D eigenvalue weighted by Crippen LogP contribution is -2.37. The topological polar surface area (TPSA) is 64.0 Å². The fourth-order valence-electron chi connectivity index (χ4n) is 3.95. The fraction of sp³-hybridized carbons (Fsp3) is 0.611. The van der Waals surface area contributed by atoms with E-state index < -0.39 is 0 Å². The highest BCUT2D eigenvalue weighted by molar-refractivity contribution is 7.18. The highest BCUT2D eigenvalue weighted by Crippen LogP contribution is 2.34. The third-order valence-electron chi connectivity index (χ3n) is 5.24. The summed E-state index contributed by atoms with van der Waals surface area (Å²) in [6, 6.07) is 0.323. The Labute approximate surface area is 145 Å². The third kappa shape index (κ3) is 2.99. The minimum absolute atomic E-state index is 0.0184. The molecule has 4 rings (SSSR count). The summed E-state index contributed by atoms with van der Waals surface area (Å²) in [6.07, 6.45) is 11.0. The Morgan fingerprint density at radius 2 is 2.08 bits per heavy atom. The van der Waals surface area contributed by atoms with Crippen molar-refractivity contribution in [2.45, 2.75) is 70.4 Å². The average Bonchev–Trinajstić information content (AvgIpc) is 3.16. The highest BCUT2D eigenvalue weighted by Gasteiger charge is 2.21. The first-order valence-corrected chi connectivity index (χ1v) is 9.83. The van der Waals surface area contributed by atoms with Crippen molar-refractivity contribution in [3.8, 4) is 0 Å². The van der Waals surface area contributed by atoms with Gasteiger partial charge in [0.05, 0.1) is 11.7 Å². The van der Waals surface area contributed by atoms with E-state index in [4.69, 9.17) is 0 Å². The van der Waals surface area contributed by atoms with Gasteiger partial charge >= 0.3 is 0 Å². The molecule has 2 heterocycles. The van der Waals surface area contributed by atoms with Crippen molar-refractivity contribution in [2.75, 3.05) is 0 Å². The summed E-state index contributed by atoms with van der Waals surface area (Å²) in [4.78, 5) is 31.5. The second kappa shape index (κ2) is 6.67. The number of nitrogens with one attached hydrogen (secondary N) is 1. The zero-order valence-electron chi connectivity index (χ0n) is 13.8. The summed E-state index contributed by atoms with van der Waals surface area (Å²) in [6.45, 7) is 0.408. The lowest BCUT2D eigenvalue weighted by Gasteiger charge is -2.22. The minimum atomic E-state index is 0.0184. The van der Waals surface area contributed by atoms with Crippen LogP contribution in [0.1, 0.15) is 55.4 Å². The number of amides is 1. The molecule has 0 aromatic carbocycles. The van der Waals surface area contributed by atoms with Crippen LogP contribution in [0.25, 0.3) is 10.2 Å². The quantitative estimate of drug-likeness (QED) is 0.927. The van der Waals surface area contributed by atoms with E-state index in [1.165, 1.54) is 29.7 Å². The molecule has 6 heteroatoms. The van der Waals surface area contributed by atoms with E-state index in [0.29, 0.717) is 19.0 Å². The van der Waals surface area contributed by atoms with Gasteiger partial charge in [-0.05, 0) is 37.7 Å². The van der Waals surface area contributed by atoms with Crippen LogP contribution >= 0.6 is 11.3 Å². The van der Waals surface area contributed by atoms with Crippen LogP contribution in [-0.2, 0) is 24.2 Å². The predicted molar refractivity (Wildman–Crippen MR) is 95.5 cm³/mol. The van der Waals surface area contributed by atoms with Crippen LogP contribution in [0.2, 0.25) is 0 Å². The van der Waals surface area contributed by atoms with Gasteiger partial charge < -0.3 is 5.32 Å². The molecule has 5 nitrogen and oxygen atoms in total. The van der Waals surface area contributed by atoms with Crippen molar-refractivity contribution in [2.24, 2.45) is 0 Å². The molecule has 2 aliphatic carbocycles. The van der Waals surface area contributed by atoms with Gasteiger partial charge in [0, 0.05) is 23.9 Å². The number of thiophene rings is 1. The standard InChI is InChI=1S/C18H23N3O2S/c22-15(20-12-5-2-1-3-6-12)9-10-21-11-19-17-16(18(21)23)13-7-4-8-14(13)24-17/h11-12H,1-10H2,(H,20,22). The molecule has 1 fully saturated rings. The number of hydrogen-bond acceptors (Lipinski definition) is 4. The molecule has 2 aromatic heterocycles. The molecule has 24 heavy (non-hydrogen) atoms. The summed E-state index contributed by atoms with van der Waals surface area (Å²) in [5, 5.41) is 3.90. The molecular weight excluding hydrogens is 322 g/mol. The van der Waals surface area contributed by atoms with Crippen LogP contribution in [0.5, 0.6) is 0 Å². The van der Waals surface area contributed by atoms with Gasteiger partial charge in [0.1, 0.15) is 4.83 Å². The number of rotatable bonds is 4. The zero-order valence-corrected chi connectivity index (χ0v) is 14.7. The summed E-state index contributed by atoms with van der Waals surface area (Å²) in [7, 11) is 0. The molecule has 2 aliphatic rings. The summed E-state index contributed by atoms with van der Waals surface area (Å²) in [5.41, 5.74) is 1.22. The molecule has 1 saturated carbocycles. The number of fused-ring (bicyclic) bond motifs is 3. The van der Waals surface area contributed by atoms with Gasteiger partial charge in [-0.3, -0.25) is 14.2 Å². The van der Waals surface area contributed by atoms with Crippen molar-refractivity contribution in [3.05, 3.63) is 27.1 Å². The average molecular weight is 345 g/mol. The number of nitrogens with zero attached hydrogens (tertiary/aromatic N) is 2. The molecule has 1 N–H and O–H groups in total. The first kappa shape index (κ1) is 15.8. The van der Waals surface area contributed by atoms with Crippen molar-refractivity contribution >= 4 is 27.5 Å². The predicted octanol–water partition coefficient (Wildman–Crippen LogP) is 2.79. The highest BCUT2D eigenvalue weighted by atomic mass is 32.1. The Bertz CT molecular complexity index is 818. The molecule has 2 aromatic rings. The summed E-state index contributed by atoms with van der Waals surface area (Å²) >= 11 is 1.65. The van der Waals surface area contributed by atoms with E-state index >= 15 is 0 Å². The summed E-state index contributed by atoms with van der Waals surface area (Å²) in [5.74, 6) is 0.0458. The van der Waals surface area contributed by atoms with Crippen molar-refractivity contribution in [1.29, 1.82) is 0 Å². The molecule has 0 bridgehead atoms. The largest absolute Gasteiger partial charge is 0.353 e. The second-order valence-corrected chi connectivity index (χ2v) is 8.02. The van der Waals surface area contributed by atoms with Crippen LogP contribution < -0.4 is 10.9 Å². The van der Waals surface area contributed by atoms with Crippen molar-refractivity contribution in [3.63, 3.8) is 0 Å². The van der Waals surface area contributed by atoms with Crippen molar-refractivity contribution < 1.29 is 4.79 Å². The Morgan fingerprint density at radius 3 is 2.92 bits per heavy atom. The Hall–Kier alpha value is -1.69. The van der Waals surface area contributed by atoms with E-state index in [0.717, 1.165) is 42.3 Å². The number of carbonyl (C=O) groups is 1. The van der Waals surface area contributed by atoms with Gasteiger partial charge in [-0.1, -0.05) is 19.3 Å². The maximum Gasteiger partial charge on any atom is 0.262 e. The number of hydrogen-bond donors (Lipinski definition) is 1. The SMILES string of the molecule is O=C(CCn1cnc2sc3c(c2c1=O)CCC3)NC1CCCCC1. The molecule has 0 aliphatic heterocycles. The van der Waals surface area contributed by atoms with E-state index in [9.17, 15) is 9.59 Å². The van der Waals surface area contributed by atoms with Gasteiger partial charge in [0.2, 0.25) is 5.91 Å². The molecule has 0 spiro atoms. The van der Waals surface area contributed by atoms with E-state index in [2.05, 4.69) is 10.3 Å². The normalized spacial score (nSPS) is 18.0. The van der Waals surface area contributed by atoms with Crippen LogP contribution in [0.3, 0.4) is 0 Å². The van der Waals surface area contributed by atoms with E-state index in [-0.39, 0.29) is 11.5 Å². The molecule has 0 atom stereocenters. The number of carbonyl (C=O) groups excluding carboxylic acids is 1. The Morgan fingerprint density at radius 1 is 1.25 bits per heavy atom. The van der Waals surface area contributed by atoms with Gasteiger partial charge in [-0.25, -0.2) is 4.98 Å². The Kier molecular flexibility index (Phi) is 4.39. The first-order valence-electron chi connectivity index (χ1n) is 9.01. The fourth-order valence-corrected chi connectivity index (χ4v) is 5.17. The van der Waals surface area contributed by atoms with Gasteiger partial charge in [0.15, 0.2) is 0 Å². The lowest BCUT2D eigenvalue weighted by molar-refractivity contribution is -0.122. The minimum Gasteiger partial charge on any atom is -0.353 e. The van der Waals surface area contributed by atoms with Gasteiger partial charge in [0.25, 0.3) is 5.56 Å². The third-order valence-corrected chi connectivity index (χ3v) is 6.44. The van der Waals surface area contributed by atoms with Gasteiger partial charge in [-0.15, -0.1) is 11.3 Å². The first-order chi connectivity index (χ1) is 11.7. The maximum atomic E-state index is 12.7. The molecular formula is C18H23N3O2S. The van der Waals surface area contributed by atoms with Crippen LogP contribution in [0.15, 0.2) is 11.1 Å². The monoisotopic (exact) mass is 345 g/mol. The van der Waals surface area contributed by atoms with E-state index in [1.807, 2.05) is 0 Å². The zero-order chi connectivity index (χ0) is 16.5. The summed E-state index contributed by atoms with van der Waals surface area (Å²) < 4.78 is 1.61. The molecule has 128 valence electrons. The molecule has 0 saturated heterocycles. The van der Waals surface area contributed by atoms with Crippen LogP contribution in [0, 0.1) is 0 Å².